The zero-order valence-corrected chi connectivity index (χ0v) is 11.0. The van der Waals surface area contributed by atoms with Crippen molar-refractivity contribution >= 4 is 0 Å². The minimum atomic E-state index is -0.513. The van der Waals surface area contributed by atoms with Crippen LogP contribution in [0.15, 0.2) is 18.2 Å². The van der Waals surface area contributed by atoms with E-state index in [0.29, 0.717) is 12.0 Å². The summed E-state index contributed by atoms with van der Waals surface area (Å²) in [7, 11) is 0. The molecule has 1 aromatic rings. The van der Waals surface area contributed by atoms with Crippen LogP contribution in [0.3, 0.4) is 0 Å². The first-order valence-corrected chi connectivity index (χ1v) is 4.88. The first kappa shape index (κ1) is 14.8. The van der Waals surface area contributed by atoms with Crippen molar-refractivity contribution in [2.75, 3.05) is 0 Å². The third kappa shape index (κ3) is 4.44. The molecule has 0 aliphatic rings. The second-order valence-electron chi connectivity index (χ2n) is 4.43. The van der Waals surface area contributed by atoms with Crippen LogP contribution in [0, 0.1) is 17.0 Å². The summed E-state index contributed by atoms with van der Waals surface area (Å²) in [6.45, 7) is 6.23. The molecule has 3 heteroatoms. The van der Waals surface area contributed by atoms with E-state index in [4.69, 9.17) is 0 Å². The largest absolute Gasteiger partial charge is 0.207 e. The zero-order valence-electron chi connectivity index (χ0n) is 9.40. The van der Waals surface area contributed by atoms with Gasteiger partial charge in [-0.15, -0.1) is 0 Å². The van der Waals surface area contributed by atoms with Gasteiger partial charge < -0.3 is 0 Å². The van der Waals surface area contributed by atoms with E-state index in [2.05, 4.69) is 20.8 Å². The van der Waals surface area contributed by atoms with E-state index in [1.807, 2.05) is 0 Å². The van der Waals surface area contributed by atoms with Crippen LogP contribution in [0.25, 0.3) is 0 Å². The van der Waals surface area contributed by atoms with Crippen LogP contribution >= 0.6 is 0 Å². The zero-order chi connectivity index (χ0) is 10.8. The first-order chi connectivity index (χ1) is 6.44. The topological polar surface area (TPSA) is 0 Å². The van der Waals surface area contributed by atoms with E-state index in [-0.39, 0.29) is 27.1 Å². The Balaban J connectivity index is 0.00000196. The van der Waals surface area contributed by atoms with E-state index in [1.54, 1.807) is 0 Å². The Hall–Kier alpha value is -0.206. The number of hydrogen-bond donors (Lipinski definition) is 0. The van der Waals surface area contributed by atoms with Crippen LogP contribution in [0.1, 0.15) is 32.8 Å². The molecular weight excluding hydrogens is 230 g/mol. The molecule has 0 bridgehead atoms. The van der Waals surface area contributed by atoms with Gasteiger partial charge in [0.25, 0.3) is 0 Å². The molecule has 15 heavy (non-hydrogen) atoms. The molecule has 0 N–H and O–H groups in total. The maximum atomic E-state index is 13.3. The third-order valence-electron chi connectivity index (χ3n) is 2.64. The Labute approximate surface area is 105 Å². The normalized spacial score (nSPS) is 11.0. The molecule has 0 nitrogen and oxygen atoms in total. The van der Waals surface area contributed by atoms with Gasteiger partial charge in [-0.3, -0.25) is 0 Å². The van der Waals surface area contributed by atoms with Crippen molar-refractivity contribution in [3.05, 3.63) is 35.4 Å². The summed E-state index contributed by atoms with van der Waals surface area (Å²) in [4.78, 5) is 0. The molecule has 0 radical (unpaired) electrons. The maximum absolute atomic E-state index is 13.3. The fraction of sp³-hybridized carbons (Fsp3) is 0.500. The summed E-state index contributed by atoms with van der Waals surface area (Å²) < 4.78 is 25.9. The van der Waals surface area contributed by atoms with Crippen molar-refractivity contribution in [1.82, 2.24) is 0 Å². The summed E-state index contributed by atoms with van der Waals surface area (Å²) in [5.74, 6) is -0.952. The molecule has 0 saturated carbocycles. The Morgan fingerprint density at radius 2 is 1.80 bits per heavy atom. The van der Waals surface area contributed by atoms with Crippen LogP contribution in [0.5, 0.6) is 0 Å². The molecule has 82 valence electrons. The summed E-state index contributed by atoms with van der Waals surface area (Å²) in [5, 5.41) is 0. The van der Waals surface area contributed by atoms with Crippen molar-refractivity contribution in [2.45, 2.75) is 33.6 Å². The molecule has 0 unspecified atom stereocenters. The molecule has 0 aromatic heterocycles. The van der Waals surface area contributed by atoms with Crippen LogP contribution in [-0.4, -0.2) is 0 Å². The Bertz CT molecular complexity index is 321. The minimum Gasteiger partial charge on any atom is -0.207 e. The second kappa shape index (κ2) is 5.76. The third-order valence-corrected chi connectivity index (χ3v) is 2.64. The van der Waals surface area contributed by atoms with E-state index in [9.17, 15) is 8.78 Å². The van der Waals surface area contributed by atoms with Crippen molar-refractivity contribution in [1.29, 1.82) is 0 Å². The summed E-state index contributed by atoms with van der Waals surface area (Å²) >= 11 is 0. The molecule has 1 rings (SSSR count). The first-order valence-electron chi connectivity index (χ1n) is 4.88. The smallest absolute Gasteiger partial charge is 0.129 e. The Kier molecular flexibility index (Phi) is 5.68. The molecule has 0 atom stereocenters. The van der Waals surface area contributed by atoms with Crippen LogP contribution < -0.4 is 0 Å². The van der Waals surface area contributed by atoms with E-state index in [0.717, 1.165) is 12.5 Å². The molecule has 1 aromatic carbocycles. The Morgan fingerprint density at radius 3 is 2.27 bits per heavy atom. The summed E-state index contributed by atoms with van der Waals surface area (Å²) in [5.41, 5.74) is 0.664. The number of rotatable bonds is 3. The number of halogens is 2. The monoisotopic (exact) mass is 246 g/mol. The van der Waals surface area contributed by atoms with Gasteiger partial charge in [0.05, 0.1) is 0 Å². The summed E-state index contributed by atoms with van der Waals surface area (Å²) in [6, 6.07) is 3.79. The van der Waals surface area contributed by atoms with Gasteiger partial charge in [0, 0.05) is 27.8 Å². The fourth-order valence-electron chi connectivity index (χ4n) is 1.31. The maximum Gasteiger partial charge on any atom is 0.129 e. The van der Waals surface area contributed by atoms with Crippen molar-refractivity contribution in [2.24, 2.45) is 5.41 Å². The predicted octanol–water partition coefficient (Wildman–Crippen LogP) is 3.94. The average molecular weight is 246 g/mol. The SMILES string of the molecule is CCC(C)(C)Cc1ccc(F)cc1F.[Ti]. The van der Waals surface area contributed by atoms with Gasteiger partial charge in [-0.1, -0.05) is 33.3 Å². The van der Waals surface area contributed by atoms with E-state index >= 15 is 0 Å². The molecule has 0 spiro atoms. The van der Waals surface area contributed by atoms with Gasteiger partial charge >= 0.3 is 0 Å². The van der Waals surface area contributed by atoms with Gasteiger partial charge in [0.2, 0.25) is 0 Å². The predicted molar refractivity (Wildman–Crippen MR) is 54.1 cm³/mol. The van der Waals surface area contributed by atoms with Gasteiger partial charge in [-0.2, -0.15) is 0 Å². The van der Waals surface area contributed by atoms with Gasteiger partial charge in [-0.05, 0) is 23.5 Å². The van der Waals surface area contributed by atoms with Gasteiger partial charge in [0.15, 0.2) is 0 Å². The van der Waals surface area contributed by atoms with Crippen molar-refractivity contribution < 1.29 is 30.5 Å². The molecule has 0 heterocycles. The molecule has 0 aliphatic heterocycles. The Morgan fingerprint density at radius 1 is 1.20 bits per heavy atom. The summed E-state index contributed by atoms with van der Waals surface area (Å²) in [6.07, 6.45) is 1.62. The van der Waals surface area contributed by atoms with Crippen LogP contribution in [-0.2, 0) is 28.1 Å². The number of hydrogen-bond acceptors (Lipinski definition) is 0. The van der Waals surface area contributed by atoms with Crippen LogP contribution in [0.4, 0.5) is 8.78 Å². The molecular formula is C12H16F2Ti. The minimum absolute atomic E-state index is 0. The quantitative estimate of drug-likeness (QED) is 0.708. The second-order valence-corrected chi connectivity index (χ2v) is 4.43. The fourth-order valence-corrected chi connectivity index (χ4v) is 1.31. The van der Waals surface area contributed by atoms with E-state index < -0.39 is 11.6 Å². The van der Waals surface area contributed by atoms with Gasteiger partial charge in [-0.25, -0.2) is 8.78 Å². The number of benzene rings is 1. The van der Waals surface area contributed by atoms with Crippen LogP contribution in [0.2, 0.25) is 0 Å². The molecule has 0 saturated heterocycles. The molecule has 0 fully saturated rings. The molecule has 0 amide bonds. The van der Waals surface area contributed by atoms with Crippen molar-refractivity contribution in [3.8, 4) is 0 Å². The average Bonchev–Trinajstić information content (AvgIpc) is 2.10. The standard InChI is InChI=1S/C12H16F2.Ti/c1-4-12(2,3)8-9-5-6-10(13)7-11(9)14;/h5-7H,4,8H2,1-3H3;. The molecule has 0 aliphatic carbocycles. The van der Waals surface area contributed by atoms with Gasteiger partial charge in [0.1, 0.15) is 11.6 Å². The van der Waals surface area contributed by atoms with Crippen molar-refractivity contribution in [3.63, 3.8) is 0 Å². The van der Waals surface area contributed by atoms with E-state index in [1.165, 1.54) is 12.1 Å².